The van der Waals surface area contributed by atoms with E-state index in [-0.39, 0.29) is 22.7 Å². The van der Waals surface area contributed by atoms with E-state index in [9.17, 15) is 19.3 Å². The fourth-order valence-corrected chi connectivity index (χ4v) is 1.65. The van der Waals surface area contributed by atoms with E-state index in [2.05, 4.69) is 0 Å². The van der Waals surface area contributed by atoms with Crippen LogP contribution in [0.3, 0.4) is 0 Å². The number of nitro groups is 1. The highest BCUT2D eigenvalue weighted by Crippen LogP contribution is 2.30. The molecule has 0 aliphatic rings. The van der Waals surface area contributed by atoms with E-state index in [4.69, 9.17) is 9.84 Å². The Hall–Kier alpha value is -2.96. The fraction of sp³-hybridized carbons (Fsp3) is 0.0714. The van der Waals surface area contributed by atoms with Crippen molar-refractivity contribution in [1.29, 1.82) is 0 Å². The van der Waals surface area contributed by atoms with Crippen molar-refractivity contribution in [3.8, 4) is 11.5 Å². The molecule has 0 radical (unpaired) electrons. The van der Waals surface area contributed by atoms with Crippen LogP contribution in [-0.2, 0) is 0 Å². The van der Waals surface area contributed by atoms with Crippen LogP contribution in [0.15, 0.2) is 36.4 Å². The highest BCUT2D eigenvalue weighted by Gasteiger charge is 2.17. The molecule has 0 spiro atoms. The standard InChI is InChI=1S/C14H10FNO5/c1-8-2-4-10(7-12(8)15)21-13-6-9(16(19)20)3-5-11(13)14(17)18/h2-7H,1H3,(H,17,18). The van der Waals surface area contributed by atoms with E-state index in [1.165, 1.54) is 12.1 Å². The number of nitrogens with zero attached hydrogens (tertiary/aromatic N) is 1. The Morgan fingerprint density at radius 1 is 1.29 bits per heavy atom. The van der Waals surface area contributed by atoms with Gasteiger partial charge in [0.1, 0.15) is 22.9 Å². The number of nitro benzene ring substituents is 1. The van der Waals surface area contributed by atoms with E-state index >= 15 is 0 Å². The first-order chi connectivity index (χ1) is 9.88. The topological polar surface area (TPSA) is 89.7 Å². The van der Waals surface area contributed by atoms with Gasteiger partial charge in [0.05, 0.1) is 11.0 Å². The van der Waals surface area contributed by atoms with Gasteiger partial charge in [-0.15, -0.1) is 0 Å². The van der Waals surface area contributed by atoms with Crippen LogP contribution in [0.5, 0.6) is 11.5 Å². The molecule has 0 aromatic heterocycles. The highest BCUT2D eigenvalue weighted by atomic mass is 19.1. The molecule has 108 valence electrons. The minimum absolute atomic E-state index is 0.0566. The molecule has 0 aliphatic carbocycles. The van der Waals surface area contributed by atoms with Crippen molar-refractivity contribution in [2.45, 2.75) is 6.92 Å². The number of ether oxygens (including phenoxy) is 1. The number of benzene rings is 2. The molecule has 6 nitrogen and oxygen atoms in total. The van der Waals surface area contributed by atoms with Gasteiger partial charge in [-0.2, -0.15) is 0 Å². The Morgan fingerprint density at radius 3 is 2.57 bits per heavy atom. The van der Waals surface area contributed by atoms with Crippen LogP contribution >= 0.6 is 0 Å². The summed E-state index contributed by atoms with van der Waals surface area (Å²) < 4.78 is 18.7. The molecule has 2 aromatic carbocycles. The van der Waals surface area contributed by atoms with Crippen molar-refractivity contribution in [2.75, 3.05) is 0 Å². The maximum atomic E-state index is 13.4. The van der Waals surface area contributed by atoms with E-state index in [0.717, 1.165) is 24.3 Å². The fourth-order valence-electron chi connectivity index (χ4n) is 1.65. The Morgan fingerprint density at radius 2 is 2.00 bits per heavy atom. The molecule has 7 heteroatoms. The van der Waals surface area contributed by atoms with Gasteiger partial charge in [-0.25, -0.2) is 9.18 Å². The number of carboxylic acids is 1. The maximum Gasteiger partial charge on any atom is 0.339 e. The van der Waals surface area contributed by atoms with E-state index in [1.54, 1.807) is 6.92 Å². The van der Waals surface area contributed by atoms with Crippen LogP contribution in [0.4, 0.5) is 10.1 Å². The first-order valence-electron chi connectivity index (χ1n) is 5.84. The van der Waals surface area contributed by atoms with Gasteiger partial charge in [-0.3, -0.25) is 10.1 Å². The van der Waals surface area contributed by atoms with Gasteiger partial charge in [-0.1, -0.05) is 6.07 Å². The Balaban J connectivity index is 2.45. The number of hydrogen-bond acceptors (Lipinski definition) is 4. The number of carbonyl (C=O) groups is 1. The van der Waals surface area contributed by atoms with E-state index in [0.29, 0.717) is 5.56 Å². The van der Waals surface area contributed by atoms with Gasteiger partial charge in [-0.05, 0) is 24.6 Å². The van der Waals surface area contributed by atoms with E-state index < -0.39 is 16.7 Å². The lowest BCUT2D eigenvalue weighted by atomic mass is 10.1. The molecule has 1 N–H and O–H groups in total. The van der Waals surface area contributed by atoms with Gasteiger partial charge < -0.3 is 9.84 Å². The summed E-state index contributed by atoms with van der Waals surface area (Å²) in [4.78, 5) is 21.1. The Bertz CT molecular complexity index is 729. The summed E-state index contributed by atoms with van der Waals surface area (Å²) in [7, 11) is 0. The van der Waals surface area contributed by atoms with Gasteiger partial charge >= 0.3 is 5.97 Å². The minimum Gasteiger partial charge on any atom is -0.478 e. The first-order valence-corrected chi connectivity index (χ1v) is 5.84. The summed E-state index contributed by atoms with van der Waals surface area (Å²) in [5.41, 5.74) is -0.163. The predicted molar refractivity (Wildman–Crippen MR) is 71.3 cm³/mol. The lowest BCUT2D eigenvalue weighted by Gasteiger charge is -2.09. The summed E-state index contributed by atoms with van der Waals surface area (Å²) in [6.45, 7) is 1.56. The molecule has 0 saturated carbocycles. The zero-order chi connectivity index (χ0) is 15.6. The molecule has 2 rings (SSSR count). The smallest absolute Gasteiger partial charge is 0.339 e. The summed E-state index contributed by atoms with van der Waals surface area (Å²) in [5.74, 6) is -1.98. The van der Waals surface area contributed by atoms with E-state index in [1.807, 2.05) is 0 Å². The maximum absolute atomic E-state index is 13.4. The molecular formula is C14H10FNO5. The Labute approximate surface area is 118 Å². The molecule has 0 bridgehead atoms. The number of aryl methyl sites for hydroxylation is 1. The molecule has 0 heterocycles. The number of carboxylic acid groups (broad SMARTS) is 1. The van der Waals surface area contributed by atoms with Crippen LogP contribution in [0.2, 0.25) is 0 Å². The molecule has 0 unspecified atom stereocenters. The van der Waals surface area contributed by atoms with Crippen LogP contribution in [0, 0.1) is 22.9 Å². The third-order valence-corrected chi connectivity index (χ3v) is 2.78. The molecular weight excluding hydrogens is 281 g/mol. The van der Waals surface area contributed by atoms with Gasteiger partial charge in [0.25, 0.3) is 5.69 Å². The molecule has 0 amide bonds. The lowest BCUT2D eigenvalue weighted by Crippen LogP contribution is -2.01. The third-order valence-electron chi connectivity index (χ3n) is 2.78. The molecule has 0 atom stereocenters. The van der Waals surface area contributed by atoms with Crippen molar-refractivity contribution in [3.05, 3.63) is 63.5 Å². The first kappa shape index (κ1) is 14.4. The largest absolute Gasteiger partial charge is 0.478 e. The number of rotatable bonds is 4. The van der Waals surface area contributed by atoms with Gasteiger partial charge in [0.15, 0.2) is 0 Å². The number of hydrogen-bond donors (Lipinski definition) is 1. The minimum atomic E-state index is -1.30. The highest BCUT2D eigenvalue weighted by molar-refractivity contribution is 5.91. The lowest BCUT2D eigenvalue weighted by molar-refractivity contribution is -0.384. The average molecular weight is 291 g/mol. The molecule has 0 fully saturated rings. The van der Waals surface area contributed by atoms with Crippen molar-refractivity contribution in [1.82, 2.24) is 0 Å². The molecule has 0 saturated heterocycles. The normalized spacial score (nSPS) is 10.2. The quantitative estimate of drug-likeness (QED) is 0.687. The van der Waals surface area contributed by atoms with Crippen LogP contribution in [0.1, 0.15) is 15.9 Å². The summed E-state index contributed by atoms with van der Waals surface area (Å²) >= 11 is 0. The Kier molecular flexibility index (Phi) is 3.84. The van der Waals surface area contributed by atoms with Gasteiger partial charge in [0.2, 0.25) is 0 Å². The third kappa shape index (κ3) is 3.14. The number of aromatic carboxylic acids is 1. The van der Waals surface area contributed by atoms with Crippen molar-refractivity contribution in [3.63, 3.8) is 0 Å². The average Bonchev–Trinajstić information content (AvgIpc) is 2.42. The second-order valence-corrected chi connectivity index (χ2v) is 4.26. The van der Waals surface area contributed by atoms with Crippen molar-refractivity contribution >= 4 is 11.7 Å². The van der Waals surface area contributed by atoms with Crippen LogP contribution in [-0.4, -0.2) is 16.0 Å². The van der Waals surface area contributed by atoms with Crippen LogP contribution in [0.25, 0.3) is 0 Å². The molecule has 21 heavy (non-hydrogen) atoms. The second kappa shape index (κ2) is 5.58. The monoisotopic (exact) mass is 291 g/mol. The van der Waals surface area contributed by atoms with Crippen molar-refractivity contribution < 1.29 is 24.0 Å². The summed E-state index contributed by atoms with van der Waals surface area (Å²) in [6.07, 6.45) is 0. The van der Waals surface area contributed by atoms with Gasteiger partial charge in [0, 0.05) is 12.1 Å². The molecule has 0 aliphatic heterocycles. The zero-order valence-corrected chi connectivity index (χ0v) is 10.9. The number of non-ortho nitro benzene ring substituents is 1. The summed E-state index contributed by atoms with van der Waals surface area (Å²) in [6, 6.07) is 7.11. The van der Waals surface area contributed by atoms with Crippen molar-refractivity contribution in [2.24, 2.45) is 0 Å². The number of halogens is 1. The molecule has 2 aromatic rings. The SMILES string of the molecule is Cc1ccc(Oc2cc([N+](=O)[O-])ccc2C(=O)O)cc1F. The summed E-state index contributed by atoms with van der Waals surface area (Å²) in [5, 5.41) is 19.8. The van der Waals surface area contributed by atoms with Crippen LogP contribution < -0.4 is 4.74 Å². The second-order valence-electron chi connectivity index (χ2n) is 4.26. The zero-order valence-electron chi connectivity index (χ0n) is 10.9. The predicted octanol–water partition coefficient (Wildman–Crippen LogP) is 3.53.